The zero-order valence-corrected chi connectivity index (χ0v) is 17.4. The second kappa shape index (κ2) is 8.35. The summed E-state index contributed by atoms with van der Waals surface area (Å²) < 4.78 is 0. The molecule has 1 saturated heterocycles. The van der Waals surface area contributed by atoms with Crippen LogP contribution < -0.4 is 5.32 Å². The van der Waals surface area contributed by atoms with Crippen molar-refractivity contribution < 1.29 is 19.2 Å². The number of anilines is 1. The summed E-state index contributed by atoms with van der Waals surface area (Å²) >= 11 is 1.39. The van der Waals surface area contributed by atoms with Crippen molar-refractivity contribution in [3.05, 3.63) is 46.5 Å². The Hall–Kier alpha value is -3.07. The third-order valence-electron chi connectivity index (χ3n) is 5.50. The fourth-order valence-electron chi connectivity index (χ4n) is 3.82. The van der Waals surface area contributed by atoms with Gasteiger partial charge in [0.25, 0.3) is 11.8 Å². The van der Waals surface area contributed by atoms with Gasteiger partial charge in [-0.15, -0.1) is 11.3 Å². The molecule has 0 bridgehead atoms. The van der Waals surface area contributed by atoms with Gasteiger partial charge in [-0.3, -0.25) is 24.1 Å². The van der Waals surface area contributed by atoms with Crippen molar-refractivity contribution in [3.63, 3.8) is 0 Å². The van der Waals surface area contributed by atoms with Gasteiger partial charge in [0.15, 0.2) is 5.13 Å². The highest BCUT2D eigenvalue weighted by Gasteiger charge is 2.35. The largest absolute Gasteiger partial charge is 0.343 e. The molecule has 0 unspecified atom stereocenters. The van der Waals surface area contributed by atoms with Gasteiger partial charge in [0, 0.05) is 37.4 Å². The molecule has 1 aromatic carbocycles. The molecule has 4 rings (SSSR count). The molecule has 1 fully saturated rings. The van der Waals surface area contributed by atoms with Crippen LogP contribution in [0.3, 0.4) is 0 Å². The number of hydrogen-bond acceptors (Lipinski definition) is 6. The van der Waals surface area contributed by atoms with Gasteiger partial charge in [-0.25, -0.2) is 4.98 Å². The first-order chi connectivity index (χ1) is 14.4. The lowest BCUT2D eigenvalue weighted by Crippen LogP contribution is -2.43. The van der Waals surface area contributed by atoms with E-state index in [9.17, 15) is 19.2 Å². The number of thiazole rings is 1. The summed E-state index contributed by atoms with van der Waals surface area (Å²) in [6.07, 6.45) is 1.24. The SMILES string of the molecule is Cc1csc(NC(=O)C2CCN(C(=O)CCN3C(=O)c4ccccc4C3=O)CC2)n1. The van der Waals surface area contributed by atoms with Gasteiger partial charge in [-0.2, -0.15) is 0 Å². The van der Waals surface area contributed by atoms with Gasteiger partial charge in [0.1, 0.15) is 0 Å². The number of carbonyl (C=O) groups excluding carboxylic acids is 4. The zero-order chi connectivity index (χ0) is 21.3. The highest BCUT2D eigenvalue weighted by molar-refractivity contribution is 7.13. The number of amides is 4. The number of aryl methyl sites for hydroxylation is 1. The number of nitrogens with zero attached hydrogens (tertiary/aromatic N) is 3. The molecule has 156 valence electrons. The highest BCUT2D eigenvalue weighted by atomic mass is 32.1. The van der Waals surface area contributed by atoms with Crippen LogP contribution in [-0.4, -0.2) is 58.0 Å². The Kier molecular flexibility index (Phi) is 5.63. The normalized spacial score (nSPS) is 16.7. The number of hydrogen-bond donors (Lipinski definition) is 1. The van der Waals surface area contributed by atoms with Gasteiger partial charge in [-0.05, 0) is 31.9 Å². The lowest BCUT2D eigenvalue weighted by molar-refractivity contribution is -0.134. The van der Waals surface area contributed by atoms with Crippen molar-refractivity contribution in [3.8, 4) is 0 Å². The van der Waals surface area contributed by atoms with Crippen LogP contribution in [0, 0.1) is 12.8 Å². The molecular formula is C21H22N4O4S. The van der Waals surface area contributed by atoms with E-state index in [-0.39, 0.29) is 42.5 Å². The first kappa shape index (κ1) is 20.2. The van der Waals surface area contributed by atoms with Crippen molar-refractivity contribution in [2.24, 2.45) is 5.92 Å². The number of benzene rings is 1. The lowest BCUT2D eigenvalue weighted by atomic mass is 9.96. The van der Waals surface area contributed by atoms with Gasteiger partial charge in [-0.1, -0.05) is 12.1 Å². The molecule has 8 nitrogen and oxygen atoms in total. The van der Waals surface area contributed by atoms with Crippen LogP contribution in [0.5, 0.6) is 0 Å². The van der Waals surface area contributed by atoms with Crippen LogP contribution in [0.1, 0.15) is 45.7 Å². The molecule has 0 saturated carbocycles. The van der Waals surface area contributed by atoms with Crippen LogP contribution in [0.4, 0.5) is 5.13 Å². The summed E-state index contributed by atoms with van der Waals surface area (Å²) in [6, 6.07) is 6.68. The number of imide groups is 1. The third kappa shape index (κ3) is 3.97. The number of carbonyl (C=O) groups is 4. The highest BCUT2D eigenvalue weighted by Crippen LogP contribution is 2.24. The standard InChI is InChI=1S/C21H22N4O4S/c1-13-12-30-21(22-13)23-18(27)14-6-9-24(10-7-14)17(26)8-11-25-19(28)15-4-2-3-5-16(15)20(25)29/h2-5,12,14H,6-11H2,1H3,(H,22,23,27). The lowest BCUT2D eigenvalue weighted by Gasteiger charge is -2.31. The van der Waals surface area contributed by atoms with E-state index in [1.807, 2.05) is 12.3 Å². The Morgan fingerprint density at radius 1 is 1.13 bits per heavy atom. The molecule has 9 heteroatoms. The van der Waals surface area contributed by atoms with Gasteiger partial charge in [0.2, 0.25) is 11.8 Å². The molecule has 1 N–H and O–H groups in total. The number of piperidine rings is 1. The molecule has 3 heterocycles. The second-order valence-corrected chi connectivity index (χ2v) is 8.35. The van der Waals surface area contributed by atoms with Crippen molar-refractivity contribution in [1.29, 1.82) is 0 Å². The predicted molar refractivity (Wildman–Crippen MR) is 111 cm³/mol. The molecule has 1 aromatic heterocycles. The molecule has 2 aliphatic rings. The van der Waals surface area contributed by atoms with E-state index in [4.69, 9.17) is 0 Å². The molecule has 0 aliphatic carbocycles. The minimum Gasteiger partial charge on any atom is -0.343 e. The average Bonchev–Trinajstić information content (AvgIpc) is 3.27. The third-order valence-corrected chi connectivity index (χ3v) is 6.37. The first-order valence-electron chi connectivity index (χ1n) is 9.90. The fourth-order valence-corrected chi connectivity index (χ4v) is 4.51. The molecular weight excluding hydrogens is 404 g/mol. The predicted octanol–water partition coefficient (Wildman–Crippen LogP) is 2.31. The Morgan fingerprint density at radius 3 is 2.33 bits per heavy atom. The summed E-state index contributed by atoms with van der Waals surface area (Å²) in [5.74, 6) is -1.04. The first-order valence-corrected chi connectivity index (χ1v) is 10.8. The summed E-state index contributed by atoms with van der Waals surface area (Å²) in [6.45, 7) is 2.90. The Bertz CT molecular complexity index is 975. The average molecular weight is 426 g/mol. The Morgan fingerprint density at radius 2 is 1.77 bits per heavy atom. The topological polar surface area (TPSA) is 99.7 Å². The number of aromatic nitrogens is 1. The second-order valence-electron chi connectivity index (χ2n) is 7.50. The fraction of sp³-hybridized carbons (Fsp3) is 0.381. The van der Waals surface area contributed by atoms with E-state index < -0.39 is 0 Å². The summed E-state index contributed by atoms with van der Waals surface area (Å²) in [7, 11) is 0. The smallest absolute Gasteiger partial charge is 0.261 e. The molecule has 30 heavy (non-hydrogen) atoms. The summed E-state index contributed by atoms with van der Waals surface area (Å²) in [4.78, 5) is 56.9. The Labute approximate surface area is 177 Å². The minimum absolute atomic E-state index is 0.0645. The van der Waals surface area contributed by atoms with E-state index in [0.29, 0.717) is 42.2 Å². The van der Waals surface area contributed by atoms with Crippen LogP contribution in [0.25, 0.3) is 0 Å². The maximum atomic E-state index is 12.6. The van der Waals surface area contributed by atoms with Crippen molar-refractivity contribution in [2.75, 3.05) is 25.0 Å². The van der Waals surface area contributed by atoms with Gasteiger partial charge >= 0.3 is 0 Å². The van der Waals surface area contributed by atoms with E-state index in [1.54, 1.807) is 29.2 Å². The van der Waals surface area contributed by atoms with E-state index in [1.165, 1.54) is 11.3 Å². The number of likely N-dealkylation sites (tertiary alicyclic amines) is 1. The molecule has 2 aromatic rings. The number of nitrogens with one attached hydrogen (secondary N) is 1. The minimum atomic E-state index is -0.351. The number of rotatable bonds is 5. The maximum Gasteiger partial charge on any atom is 0.261 e. The Balaban J connectivity index is 1.25. The van der Waals surface area contributed by atoms with E-state index in [2.05, 4.69) is 10.3 Å². The van der Waals surface area contributed by atoms with Crippen molar-refractivity contribution in [1.82, 2.24) is 14.8 Å². The van der Waals surface area contributed by atoms with Gasteiger partial charge < -0.3 is 10.2 Å². The summed E-state index contributed by atoms with van der Waals surface area (Å²) in [5.41, 5.74) is 1.64. The molecule has 2 aliphatic heterocycles. The monoisotopic (exact) mass is 426 g/mol. The molecule has 0 radical (unpaired) electrons. The zero-order valence-electron chi connectivity index (χ0n) is 16.6. The van der Waals surface area contributed by atoms with Crippen molar-refractivity contribution >= 4 is 40.1 Å². The van der Waals surface area contributed by atoms with Gasteiger partial charge in [0.05, 0.1) is 16.8 Å². The van der Waals surface area contributed by atoms with Crippen LogP contribution >= 0.6 is 11.3 Å². The van der Waals surface area contributed by atoms with E-state index in [0.717, 1.165) is 10.6 Å². The molecule has 0 spiro atoms. The summed E-state index contributed by atoms with van der Waals surface area (Å²) in [5, 5.41) is 5.32. The quantitative estimate of drug-likeness (QED) is 0.740. The van der Waals surface area contributed by atoms with Crippen LogP contribution in [-0.2, 0) is 9.59 Å². The van der Waals surface area contributed by atoms with E-state index >= 15 is 0 Å². The van der Waals surface area contributed by atoms with Crippen LogP contribution in [0.2, 0.25) is 0 Å². The number of fused-ring (bicyclic) bond motifs is 1. The van der Waals surface area contributed by atoms with Crippen molar-refractivity contribution in [2.45, 2.75) is 26.2 Å². The van der Waals surface area contributed by atoms with Crippen LogP contribution in [0.15, 0.2) is 29.6 Å². The maximum absolute atomic E-state index is 12.6. The molecule has 4 amide bonds. The molecule has 0 atom stereocenters.